The molecule has 0 atom stereocenters. The first kappa shape index (κ1) is 12.1. The maximum Gasteiger partial charge on any atom is 0.280 e. The van der Waals surface area contributed by atoms with Gasteiger partial charge in [0.2, 0.25) is 0 Å². The summed E-state index contributed by atoms with van der Waals surface area (Å²) in [6, 6.07) is 0. The normalized spacial score (nSPS) is 10.7. The summed E-state index contributed by atoms with van der Waals surface area (Å²) in [5, 5.41) is 0.305. The van der Waals surface area contributed by atoms with Crippen molar-refractivity contribution < 1.29 is 13.5 Å². The van der Waals surface area contributed by atoms with Crippen LogP contribution in [0, 0.1) is 3.57 Å². The fourth-order valence-corrected chi connectivity index (χ4v) is 2.29. The van der Waals surface area contributed by atoms with Gasteiger partial charge in [-0.1, -0.05) is 15.9 Å². The van der Waals surface area contributed by atoms with Gasteiger partial charge in [-0.15, -0.1) is 0 Å². The minimum absolute atomic E-state index is 0.223. The van der Waals surface area contributed by atoms with Crippen LogP contribution in [0.5, 0.6) is 5.75 Å². The number of nitrogens with zero attached hydrogens (tertiary/aromatic N) is 1. The van der Waals surface area contributed by atoms with Crippen molar-refractivity contribution in [2.24, 2.45) is 0 Å². The van der Waals surface area contributed by atoms with Gasteiger partial charge in [-0.3, -0.25) is 4.98 Å². The van der Waals surface area contributed by atoms with E-state index in [-0.39, 0.29) is 5.69 Å². The van der Waals surface area contributed by atoms with Crippen LogP contribution in [0.4, 0.5) is 8.78 Å². The average molecular weight is 378 g/mol. The molecule has 0 amide bonds. The van der Waals surface area contributed by atoms with Crippen LogP contribution in [0.25, 0.3) is 0 Å². The molecule has 0 spiro atoms. The van der Waals surface area contributed by atoms with Crippen molar-refractivity contribution in [1.29, 1.82) is 0 Å². The summed E-state index contributed by atoms with van der Waals surface area (Å²) in [5.41, 5.74) is 0.188. The molecule has 0 bridgehead atoms. The second-order valence-electron chi connectivity index (χ2n) is 2.44. The Labute approximate surface area is 102 Å². The van der Waals surface area contributed by atoms with Crippen LogP contribution >= 0.6 is 38.5 Å². The van der Waals surface area contributed by atoms with Crippen molar-refractivity contribution >= 4 is 38.5 Å². The smallest absolute Gasteiger partial charge is 0.280 e. The molecule has 2 nitrogen and oxygen atoms in total. The van der Waals surface area contributed by atoms with Crippen LogP contribution in [-0.2, 0) is 5.33 Å². The van der Waals surface area contributed by atoms with Gasteiger partial charge in [-0.2, -0.15) is 0 Å². The van der Waals surface area contributed by atoms with E-state index in [9.17, 15) is 8.78 Å². The van der Waals surface area contributed by atoms with Gasteiger partial charge in [-0.05, 0) is 22.6 Å². The van der Waals surface area contributed by atoms with Crippen LogP contribution in [-0.4, -0.2) is 12.1 Å². The van der Waals surface area contributed by atoms with Gasteiger partial charge in [0.1, 0.15) is 11.4 Å². The lowest BCUT2D eigenvalue weighted by molar-refractivity contribution is 0.144. The summed E-state index contributed by atoms with van der Waals surface area (Å²) in [6.45, 7) is 0. The molecule has 1 heterocycles. The highest BCUT2D eigenvalue weighted by molar-refractivity contribution is 14.1. The zero-order valence-corrected chi connectivity index (χ0v) is 11.0. The van der Waals surface area contributed by atoms with E-state index in [4.69, 9.17) is 4.74 Å². The molecular formula is C8H7BrF2INO. The van der Waals surface area contributed by atoms with Crippen molar-refractivity contribution in [3.05, 3.63) is 21.0 Å². The van der Waals surface area contributed by atoms with Gasteiger partial charge in [0, 0.05) is 17.1 Å². The van der Waals surface area contributed by atoms with E-state index in [1.54, 1.807) is 0 Å². The van der Waals surface area contributed by atoms with Crippen molar-refractivity contribution in [3.63, 3.8) is 0 Å². The fraction of sp³-hybridized carbons (Fsp3) is 0.375. The first-order valence-electron chi connectivity index (χ1n) is 3.67. The lowest BCUT2D eigenvalue weighted by Gasteiger charge is -2.11. The molecule has 0 fully saturated rings. The number of ether oxygens (including phenoxy) is 1. The lowest BCUT2D eigenvalue weighted by Crippen LogP contribution is -2.02. The van der Waals surface area contributed by atoms with Crippen molar-refractivity contribution in [2.45, 2.75) is 11.8 Å². The van der Waals surface area contributed by atoms with E-state index >= 15 is 0 Å². The molecule has 0 aromatic carbocycles. The van der Waals surface area contributed by atoms with Gasteiger partial charge in [0.15, 0.2) is 0 Å². The van der Waals surface area contributed by atoms with E-state index in [0.717, 1.165) is 3.57 Å². The highest BCUT2D eigenvalue weighted by Gasteiger charge is 2.19. The quantitative estimate of drug-likeness (QED) is 0.594. The van der Waals surface area contributed by atoms with Crippen LogP contribution in [0.15, 0.2) is 6.20 Å². The van der Waals surface area contributed by atoms with Gasteiger partial charge in [0.05, 0.1) is 10.7 Å². The van der Waals surface area contributed by atoms with Crippen LogP contribution in [0.2, 0.25) is 0 Å². The molecule has 0 saturated carbocycles. The van der Waals surface area contributed by atoms with Gasteiger partial charge >= 0.3 is 0 Å². The molecule has 1 aromatic heterocycles. The molecular weight excluding hydrogens is 371 g/mol. The molecule has 0 aliphatic heterocycles. The highest BCUT2D eigenvalue weighted by Crippen LogP contribution is 2.33. The minimum atomic E-state index is -2.58. The van der Waals surface area contributed by atoms with E-state index in [1.165, 1.54) is 13.3 Å². The number of pyridine rings is 1. The molecule has 14 heavy (non-hydrogen) atoms. The second kappa shape index (κ2) is 5.20. The Bertz CT molecular complexity index is 335. The molecule has 1 rings (SSSR count). The third-order valence-electron chi connectivity index (χ3n) is 1.66. The van der Waals surface area contributed by atoms with Gasteiger partial charge in [-0.25, -0.2) is 8.78 Å². The molecule has 0 aliphatic rings. The Morgan fingerprint density at radius 2 is 2.29 bits per heavy atom. The van der Waals surface area contributed by atoms with Gasteiger partial charge in [0.25, 0.3) is 6.43 Å². The number of hydrogen-bond donors (Lipinski definition) is 0. The maximum atomic E-state index is 12.5. The number of hydrogen-bond acceptors (Lipinski definition) is 2. The third-order valence-corrected chi connectivity index (χ3v) is 2.99. The number of halogens is 4. The first-order chi connectivity index (χ1) is 6.61. The zero-order chi connectivity index (χ0) is 10.7. The molecule has 0 aliphatic carbocycles. The van der Waals surface area contributed by atoms with Crippen LogP contribution < -0.4 is 4.74 Å². The summed E-state index contributed by atoms with van der Waals surface area (Å²) >= 11 is 5.14. The largest absolute Gasteiger partial charge is 0.495 e. The predicted octanol–water partition coefficient (Wildman–Crippen LogP) is 3.53. The summed E-state index contributed by atoms with van der Waals surface area (Å²) in [4.78, 5) is 3.69. The lowest BCUT2D eigenvalue weighted by atomic mass is 10.2. The Hall–Kier alpha value is 0.0200. The SMILES string of the molecule is COc1c(I)cnc(C(F)F)c1CBr. The third kappa shape index (κ3) is 2.33. The Morgan fingerprint density at radius 1 is 1.64 bits per heavy atom. The molecule has 0 unspecified atom stereocenters. The van der Waals surface area contributed by atoms with E-state index in [2.05, 4.69) is 20.9 Å². The van der Waals surface area contributed by atoms with Crippen molar-refractivity contribution in [1.82, 2.24) is 4.98 Å². The van der Waals surface area contributed by atoms with Gasteiger partial charge < -0.3 is 4.74 Å². The molecule has 78 valence electrons. The highest BCUT2D eigenvalue weighted by atomic mass is 127. The number of rotatable bonds is 3. The monoisotopic (exact) mass is 377 g/mol. The van der Waals surface area contributed by atoms with Crippen molar-refractivity contribution in [2.75, 3.05) is 7.11 Å². The number of methoxy groups -OCH3 is 1. The maximum absolute atomic E-state index is 12.5. The molecule has 6 heteroatoms. The van der Waals surface area contributed by atoms with E-state index in [0.29, 0.717) is 16.6 Å². The first-order valence-corrected chi connectivity index (χ1v) is 5.87. The zero-order valence-electron chi connectivity index (χ0n) is 7.23. The van der Waals surface area contributed by atoms with E-state index < -0.39 is 6.43 Å². The topological polar surface area (TPSA) is 22.1 Å². The van der Waals surface area contributed by atoms with Crippen molar-refractivity contribution in [3.8, 4) is 5.75 Å². The molecule has 0 radical (unpaired) electrons. The van der Waals surface area contributed by atoms with Crippen LogP contribution in [0.3, 0.4) is 0 Å². The molecule has 0 saturated heterocycles. The summed E-state index contributed by atoms with van der Waals surface area (Å²) < 4.78 is 30.8. The second-order valence-corrected chi connectivity index (χ2v) is 4.16. The Morgan fingerprint density at radius 3 is 2.71 bits per heavy atom. The molecule has 1 aromatic rings. The van der Waals surface area contributed by atoms with Crippen LogP contribution in [0.1, 0.15) is 17.7 Å². The number of alkyl halides is 3. The predicted molar refractivity (Wildman–Crippen MR) is 61.1 cm³/mol. The summed E-state index contributed by atoms with van der Waals surface area (Å²) in [6.07, 6.45) is -1.19. The average Bonchev–Trinajstić information content (AvgIpc) is 2.16. The minimum Gasteiger partial charge on any atom is -0.495 e. The summed E-state index contributed by atoms with van der Waals surface area (Å²) in [5.74, 6) is 0.466. The van der Waals surface area contributed by atoms with E-state index in [1.807, 2.05) is 22.6 Å². The summed E-state index contributed by atoms with van der Waals surface area (Å²) in [7, 11) is 1.46. The standard InChI is InChI=1S/C8H7BrF2INO/c1-14-7-4(2-9)6(8(10)11)13-3-5(7)12/h3,8H,2H2,1H3. The fourth-order valence-electron chi connectivity index (χ4n) is 1.06. The Kier molecular flexibility index (Phi) is 4.49. The Balaban J connectivity index is 3.33. The number of aromatic nitrogens is 1. The molecule has 0 N–H and O–H groups in total.